The molecule has 2 saturated heterocycles. The van der Waals surface area contributed by atoms with Crippen molar-refractivity contribution in [3.63, 3.8) is 0 Å². The zero-order valence-electron chi connectivity index (χ0n) is 12.5. The lowest BCUT2D eigenvalue weighted by atomic mass is 9.97. The van der Waals surface area contributed by atoms with Crippen molar-refractivity contribution in [2.45, 2.75) is 61.3 Å². The van der Waals surface area contributed by atoms with Crippen molar-refractivity contribution in [1.29, 1.82) is 0 Å². The molecule has 2 rings (SSSR count). The van der Waals surface area contributed by atoms with Crippen LogP contribution in [0.15, 0.2) is 0 Å². The van der Waals surface area contributed by atoms with Gasteiger partial charge in [-0.2, -0.15) is 5.48 Å². The molecule has 0 aromatic heterocycles. The summed E-state index contributed by atoms with van der Waals surface area (Å²) in [6.45, 7) is -1.31. The van der Waals surface area contributed by atoms with E-state index in [0.29, 0.717) is 0 Å². The molecule has 10 atom stereocenters. The summed E-state index contributed by atoms with van der Waals surface area (Å²) in [6, 6.07) is 0. The van der Waals surface area contributed by atoms with Gasteiger partial charge in [0.25, 0.3) is 0 Å². The molecule has 6 unspecified atom stereocenters. The van der Waals surface area contributed by atoms with Crippen molar-refractivity contribution in [2.75, 3.05) is 13.2 Å². The maximum atomic E-state index is 10.1. The van der Waals surface area contributed by atoms with Gasteiger partial charge in [-0.3, -0.25) is 0 Å². The van der Waals surface area contributed by atoms with Gasteiger partial charge in [0.1, 0.15) is 48.8 Å². The molecule has 2 aliphatic heterocycles. The Labute approximate surface area is 136 Å². The van der Waals surface area contributed by atoms with E-state index in [4.69, 9.17) is 29.6 Å². The van der Waals surface area contributed by atoms with E-state index in [1.165, 1.54) is 0 Å². The minimum absolute atomic E-state index is 0.636. The van der Waals surface area contributed by atoms with E-state index >= 15 is 0 Å². The lowest BCUT2D eigenvalue weighted by Gasteiger charge is -2.45. The average molecular weight is 357 g/mol. The molecule has 0 amide bonds. The van der Waals surface area contributed by atoms with Gasteiger partial charge in [-0.1, -0.05) is 0 Å². The molecule has 0 aliphatic carbocycles. The highest BCUT2D eigenvalue weighted by Gasteiger charge is 2.50. The van der Waals surface area contributed by atoms with Crippen LogP contribution in [0.1, 0.15) is 0 Å². The lowest BCUT2D eigenvalue weighted by Crippen LogP contribution is -2.66. The average Bonchev–Trinajstić information content (AvgIpc) is 2.59. The summed E-state index contributed by atoms with van der Waals surface area (Å²) in [6.07, 6.45) is -15.1. The third-order valence-corrected chi connectivity index (χ3v) is 4.13. The molecule has 12 nitrogen and oxygen atoms in total. The van der Waals surface area contributed by atoms with Crippen LogP contribution in [0.25, 0.3) is 0 Å². The second-order valence-electron chi connectivity index (χ2n) is 5.69. The third kappa shape index (κ3) is 3.70. The molecule has 2 fully saturated rings. The summed E-state index contributed by atoms with van der Waals surface area (Å²) in [5, 5.41) is 76.5. The Morgan fingerprint density at radius 1 is 0.750 bits per heavy atom. The summed E-state index contributed by atoms with van der Waals surface area (Å²) in [5.41, 5.74) is 1.69. The van der Waals surface area contributed by atoms with Crippen LogP contribution in [0.5, 0.6) is 0 Å². The first-order valence-corrected chi connectivity index (χ1v) is 7.33. The number of rotatable bonds is 5. The normalized spacial score (nSPS) is 50.0. The van der Waals surface area contributed by atoms with E-state index in [2.05, 4.69) is 0 Å². The van der Waals surface area contributed by atoms with Crippen LogP contribution in [-0.4, -0.2) is 116 Å². The topological polar surface area (TPSA) is 202 Å². The predicted octanol–water partition coefficient (Wildman–Crippen LogP) is -5.41. The maximum absolute atomic E-state index is 10.1. The molecule has 0 bridgehead atoms. The van der Waals surface area contributed by atoms with Gasteiger partial charge in [-0.15, -0.1) is 0 Å². The van der Waals surface area contributed by atoms with Crippen molar-refractivity contribution in [1.82, 2.24) is 5.48 Å². The summed E-state index contributed by atoms with van der Waals surface area (Å²) in [4.78, 5) is 0. The Kier molecular flexibility index (Phi) is 6.83. The number of hydrogen-bond donors (Lipinski definition) is 9. The second kappa shape index (κ2) is 8.27. The Morgan fingerprint density at radius 2 is 1.29 bits per heavy atom. The Bertz CT molecular complexity index is 397. The smallest absolute Gasteiger partial charge is 0.187 e. The van der Waals surface area contributed by atoms with Crippen LogP contribution in [0.2, 0.25) is 0 Å². The summed E-state index contributed by atoms with van der Waals surface area (Å²) < 4.78 is 15.5. The van der Waals surface area contributed by atoms with Gasteiger partial charge < -0.3 is 55.2 Å². The van der Waals surface area contributed by atoms with Crippen molar-refractivity contribution in [2.24, 2.45) is 0 Å². The monoisotopic (exact) mass is 357 g/mol. The summed E-state index contributed by atoms with van der Waals surface area (Å²) >= 11 is 0. The van der Waals surface area contributed by atoms with Gasteiger partial charge in [0, 0.05) is 0 Å². The van der Waals surface area contributed by atoms with Crippen molar-refractivity contribution in [3.8, 4) is 0 Å². The first-order chi connectivity index (χ1) is 11.3. The largest absolute Gasteiger partial charge is 0.394 e. The van der Waals surface area contributed by atoms with Crippen molar-refractivity contribution >= 4 is 0 Å². The van der Waals surface area contributed by atoms with E-state index in [1.807, 2.05) is 0 Å². The van der Waals surface area contributed by atoms with Crippen LogP contribution >= 0.6 is 0 Å². The molecule has 0 spiro atoms. The van der Waals surface area contributed by atoms with E-state index in [-0.39, 0.29) is 0 Å². The molecule has 12 heteroatoms. The van der Waals surface area contributed by atoms with E-state index in [9.17, 15) is 25.5 Å². The molecular weight excluding hydrogens is 334 g/mol. The highest BCUT2D eigenvalue weighted by Crippen LogP contribution is 2.28. The fourth-order valence-corrected chi connectivity index (χ4v) is 2.68. The van der Waals surface area contributed by atoms with Gasteiger partial charge in [0.2, 0.25) is 0 Å². The Morgan fingerprint density at radius 3 is 1.83 bits per heavy atom. The first-order valence-electron chi connectivity index (χ1n) is 7.33. The molecular formula is C12H23NO11. The van der Waals surface area contributed by atoms with Crippen LogP contribution in [-0.2, 0) is 14.2 Å². The third-order valence-electron chi connectivity index (χ3n) is 4.13. The summed E-state index contributed by atoms with van der Waals surface area (Å²) in [7, 11) is 0. The fraction of sp³-hybridized carbons (Fsp3) is 1.00. The van der Waals surface area contributed by atoms with Crippen LogP contribution < -0.4 is 5.48 Å². The van der Waals surface area contributed by atoms with Crippen molar-refractivity contribution < 1.29 is 55.2 Å². The molecule has 0 saturated carbocycles. The molecule has 0 radical (unpaired) electrons. The quantitative estimate of drug-likeness (QED) is 0.212. The minimum atomic E-state index is -1.73. The van der Waals surface area contributed by atoms with Crippen LogP contribution in [0.4, 0.5) is 0 Å². The zero-order chi connectivity index (χ0) is 18.0. The number of hydrogen-bond acceptors (Lipinski definition) is 12. The Balaban J connectivity index is 2.12. The molecule has 2 aliphatic rings. The van der Waals surface area contributed by atoms with E-state index < -0.39 is 74.6 Å². The number of aliphatic hydroxyl groups is 7. The van der Waals surface area contributed by atoms with Crippen LogP contribution in [0.3, 0.4) is 0 Å². The van der Waals surface area contributed by atoms with Gasteiger partial charge in [-0.25, -0.2) is 0 Å². The molecule has 24 heavy (non-hydrogen) atoms. The maximum Gasteiger partial charge on any atom is 0.187 e. The molecule has 9 N–H and O–H groups in total. The molecule has 2 heterocycles. The van der Waals surface area contributed by atoms with E-state index in [1.54, 1.807) is 5.48 Å². The number of aliphatic hydroxyl groups excluding tert-OH is 7. The molecule has 0 aromatic rings. The number of hydroxylamine groups is 1. The van der Waals surface area contributed by atoms with E-state index in [0.717, 1.165) is 0 Å². The zero-order valence-corrected chi connectivity index (χ0v) is 12.5. The molecule has 142 valence electrons. The standard InChI is InChI=1S/C12H23NO11/c14-1-3-6(17)8(19)10(11(13-21)22-3)24-12-9(20)7(18)5(16)4(2-15)23-12/h3-21H,1-2H2/t3?,4?,5-,6-,7?,8?,9?,10?,11-,12+/m1/s1. The number of ether oxygens (including phenoxy) is 3. The lowest BCUT2D eigenvalue weighted by molar-refractivity contribution is -0.348. The molecule has 0 aromatic carbocycles. The number of nitrogens with one attached hydrogen (secondary N) is 1. The first kappa shape index (κ1) is 19.8. The Hall–Kier alpha value is -0.480. The highest BCUT2D eigenvalue weighted by atomic mass is 16.7. The van der Waals surface area contributed by atoms with Crippen LogP contribution in [0, 0.1) is 0 Å². The van der Waals surface area contributed by atoms with Gasteiger partial charge >= 0.3 is 0 Å². The second-order valence-corrected chi connectivity index (χ2v) is 5.69. The van der Waals surface area contributed by atoms with Gasteiger partial charge in [0.15, 0.2) is 12.5 Å². The minimum Gasteiger partial charge on any atom is -0.394 e. The SMILES string of the molecule is OCC1O[C@@H](OC2C(O)[C@H](O)C(CO)O[C@H]2NO)C(O)C(O)[C@@H]1O. The van der Waals surface area contributed by atoms with Gasteiger partial charge in [0.05, 0.1) is 13.2 Å². The summed E-state index contributed by atoms with van der Waals surface area (Å²) in [5.74, 6) is 0. The predicted molar refractivity (Wildman–Crippen MR) is 71.3 cm³/mol. The fourth-order valence-electron chi connectivity index (χ4n) is 2.68. The van der Waals surface area contributed by atoms with Crippen molar-refractivity contribution in [3.05, 3.63) is 0 Å². The highest BCUT2D eigenvalue weighted by molar-refractivity contribution is 4.94. The van der Waals surface area contributed by atoms with Gasteiger partial charge in [-0.05, 0) is 0 Å².